The first-order chi connectivity index (χ1) is 17.4. The first-order valence-corrected chi connectivity index (χ1v) is 12.4. The number of carbonyl (C=O) groups is 2. The Bertz CT molecular complexity index is 1100. The number of hydrogen-bond acceptors (Lipinski definition) is 6. The van der Waals surface area contributed by atoms with Crippen molar-refractivity contribution in [1.29, 1.82) is 0 Å². The maximum Gasteiger partial charge on any atom is 0.295 e. The van der Waals surface area contributed by atoms with E-state index >= 15 is 0 Å². The first-order valence-electron chi connectivity index (χ1n) is 12.4. The monoisotopic (exact) mass is 498 g/mol. The maximum absolute atomic E-state index is 13.5. The van der Waals surface area contributed by atoms with E-state index in [2.05, 4.69) is 18.7 Å². The highest BCUT2D eigenvalue weighted by atomic mass is 19.1. The molecule has 0 saturated carbocycles. The van der Waals surface area contributed by atoms with E-state index in [4.69, 9.17) is 9.47 Å². The molecule has 0 aromatic heterocycles. The fourth-order valence-electron chi connectivity index (χ4n) is 4.41. The molecule has 36 heavy (non-hydrogen) atoms. The molecule has 1 amide bonds. The van der Waals surface area contributed by atoms with Crippen molar-refractivity contribution in [1.82, 2.24) is 9.80 Å². The highest BCUT2D eigenvalue weighted by molar-refractivity contribution is 6.46. The molecule has 1 saturated heterocycles. The van der Waals surface area contributed by atoms with Gasteiger partial charge in [0.05, 0.1) is 25.3 Å². The molecule has 194 valence electrons. The van der Waals surface area contributed by atoms with Gasteiger partial charge in [-0.05, 0) is 74.4 Å². The highest BCUT2D eigenvalue weighted by Crippen LogP contribution is 2.42. The molecular formula is C28H35FN2O5. The molecule has 1 fully saturated rings. The number of benzene rings is 2. The number of carbonyl (C=O) groups excluding carboxylic acids is 2. The number of Topliss-reactive ketones (excluding diaryl/α,β-unsaturated/α-hetero) is 1. The second kappa shape index (κ2) is 12.5. The number of aliphatic hydroxyl groups excluding tert-OH is 1. The third-order valence-corrected chi connectivity index (χ3v) is 6.39. The number of ketones is 1. The summed E-state index contributed by atoms with van der Waals surface area (Å²) in [4.78, 5) is 30.1. The molecule has 2 aromatic rings. The van der Waals surface area contributed by atoms with E-state index in [-0.39, 0.29) is 16.9 Å². The van der Waals surface area contributed by atoms with Crippen LogP contribution >= 0.6 is 0 Å². The standard InChI is InChI=1S/C28H35FN2O5/c1-5-17-36-22-14-11-20(18-23(22)35-4)25-24(26(32)19-9-12-21(29)13-10-19)27(33)28(34)31(25)16-8-15-30(6-2)7-3/h9-14,18,25,32H,5-8,15-17H2,1-4H3/b26-24+. The largest absolute Gasteiger partial charge is 0.507 e. The summed E-state index contributed by atoms with van der Waals surface area (Å²) < 4.78 is 24.8. The van der Waals surface area contributed by atoms with Crippen LogP contribution in [0.15, 0.2) is 48.0 Å². The molecule has 3 rings (SSSR count). The lowest BCUT2D eigenvalue weighted by Crippen LogP contribution is -2.33. The zero-order valence-electron chi connectivity index (χ0n) is 21.4. The van der Waals surface area contributed by atoms with Gasteiger partial charge in [0.1, 0.15) is 11.6 Å². The van der Waals surface area contributed by atoms with E-state index in [1.54, 1.807) is 18.2 Å². The van der Waals surface area contributed by atoms with Gasteiger partial charge >= 0.3 is 0 Å². The Kier molecular flexibility index (Phi) is 9.47. The first kappa shape index (κ1) is 27.2. The lowest BCUT2D eigenvalue weighted by atomic mass is 9.95. The minimum absolute atomic E-state index is 0.0290. The lowest BCUT2D eigenvalue weighted by molar-refractivity contribution is -0.140. The summed E-state index contributed by atoms with van der Waals surface area (Å²) in [6.45, 7) is 9.56. The molecular weight excluding hydrogens is 463 g/mol. The quantitative estimate of drug-likeness (QED) is 0.258. The van der Waals surface area contributed by atoms with Gasteiger partial charge < -0.3 is 24.4 Å². The summed E-state index contributed by atoms with van der Waals surface area (Å²) in [6, 6.07) is 9.62. The average Bonchev–Trinajstić information content (AvgIpc) is 3.14. The number of amides is 1. The molecule has 1 heterocycles. The predicted molar refractivity (Wildman–Crippen MR) is 137 cm³/mol. The van der Waals surface area contributed by atoms with Gasteiger partial charge in [0.25, 0.3) is 11.7 Å². The van der Waals surface area contributed by atoms with Gasteiger partial charge in [-0.15, -0.1) is 0 Å². The Morgan fingerprint density at radius 1 is 1.06 bits per heavy atom. The molecule has 0 aliphatic carbocycles. The minimum Gasteiger partial charge on any atom is -0.507 e. The molecule has 8 heteroatoms. The molecule has 0 spiro atoms. The van der Waals surface area contributed by atoms with Gasteiger partial charge in [0, 0.05) is 12.1 Å². The number of nitrogens with zero attached hydrogens (tertiary/aromatic N) is 2. The molecule has 0 bridgehead atoms. The topological polar surface area (TPSA) is 79.3 Å². The zero-order valence-corrected chi connectivity index (χ0v) is 21.4. The second-order valence-electron chi connectivity index (χ2n) is 8.64. The Labute approximate surface area is 212 Å². The Morgan fingerprint density at radius 2 is 1.75 bits per heavy atom. The fourth-order valence-corrected chi connectivity index (χ4v) is 4.41. The summed E-state index contributed by atoms with van der Waals surface area (Å²) in [5, 5.41) is 11.1. The molecule has 1 N–H and O–H groups in total. The normalized spacial score (nSPS) is 17.2. The fraction of sp³-hybridized carbons (Fsp3) is 0.429. The van der Waals surface area contributed by atoms with Crippen LogP contribution in [0, 0.1) is 5.82 Å². The second-order valence-corrected chi connectivity index (χ2v) is 8.64. The Balaban J connectivity index is 2.07. The van der Waals surface area contributed by atoms with Crippen molar-refractivity contribution in [2.45, 2.75) is 39.7 Å². The van der Waals surface area contributed by atoms with E-state index in [0.29, 0.717) is 36.6 Å². The summed E-state index contributed by atoms with van der Waals surface area (Å²) in [7, 11) is 1.53. The van der Waals surface area contributed by atoms with Gasteiger partial charge in [0.2, 0.25) is 0 Å². The molecule has 1 aliphatic rings. The van der Waals surface area contributed by atoms with Gasteiger partial charge in [0.15, 0.2) is 11.5 Å². The molecule has 2 aromatic carbocycles. The lowest BCUT2D eigenvalue weighted by Gasteiger charge is -2.27. The van der Waals surface area contributed by atoms with Crippen LogP contribution in [-0.4, -0.2) is 66.5 Å². The number of aliphatic hydroxyl groups is 1. The number of rotatable bonds is 12. The minimum atomic E-state index is -0.819. The van der Waals surface area contributed by atoms with E-state index in [1.807, 2.05) is 6.92 Å². The van der Waals surface area contributed by atoms with E-state index in [9.17, 15) is 19.1 Å². The number of ether oxygens (including phenoxy) is 2. The third-order valence-electron chi connectivity index (χ3n) is 6.39. The van der Waals surface area contributed by atoms with Crippen molar-refractivity contribution in [2.75, 3.05) is 39.9 Å². The number of methoxy groups -OCH3 is 1. The van der Waals surface area contributed by atoms with Gasteiger partial charge in [-0.25, -0.2) is 4.39 Å². The number of likely N-dealkylation sites (tertiary alicyclic amines) is 1. The van der Waals surface area contributed by atoms with Crippen LogP contribution in [0.4, 0.5) is 4.39 Å². The molecule has 0 radical (unpaired) electrons. The van der Waals surface area contributed by atoms with Gasteiger partial charge in [-0.2, -0.15) is 0 Å². The van der Waals surface area contributed by atoms with Crippen LogP contribution in [0.5, 0.6) is 11.5 Å². The highest BCUT2D eigenvalue weighted by Gasteiger charge is 2.46. The SMILES string of the molecule is CCCOc1ccc(C2/C(=C(\O)c3ccc(F)cc3)C(=O)C(=O)N2CCCN(CC)CC)cc1OC. The van der Waals surface area contributed by atoms with Crippen molar-refractivity contribution >= 4 is 17.4 Å². The molecule has 1 atom stereocenters. The molecule has 1 unspecified atom stereocenters. The van der Waals surface area contributed by atoms with Gasteiger partial charge in [-0.3, -0.25) is 9.59 Å². The van der Waals surface area contributed by atoms with E-state index < -0.39 is 23.5 Å². The van der Waals surface area contributed by atoms with Crippen LogP contribution in [0.3, 0.4) is 0 Å². The smallest absolute Gasteiger partial charge is 0.295 e. The Hall–Kier alpha value is -3.39. The van der Waals surface area contributed by atoms with Crippen LogP contribution in [0.1, 0.15) is 50.8 Å². The van der Waals surface area contributed by atoms with Crippen molar-refractivity contribution in [3.63, 3.8) is 0 Å². The summed E-state index contributed by atoms with van der Waals surface area (Å²) >= 11 is 0. The summed E-state index contributed by atoms with van der Waals surface area (Å²) in [5.41, 5.74) is 0.845. The summed E-state index contributed by atoms with van der Waals surface area (Å²) in [5.74, 6) is -1.22. The maximum atomic E-state index is 13.5. The predicted octanol–water partition coefficient (Wildman–Crippen LogP) is 4.78. The van der Waals surface area contributed by atoms with Crippen LogP contribution in [0.25, 0.3) is 5.76 Å². The van der Waals surface area contributed by atoms with E-state index in [0.717, 1.165) is 26.1 Å². The van der Waals surface area contributed by atoms with Crippen molar-refractivity contribution < 1.29 is 28.6 Å². The van der Waals surface area contributed by atoms with Crippen molar-refractivity contribution in [3.8, 4) is 11.5 Å². The number of hydrogen-bond donors (Lipinski definition) is 1. The van der Waals surface area contributed by atoms with Crippen molar-refractivity contribution in [2.24, 2.45) is 0 Å². The van der Waals surface area contributed by atoms with Crippen LogP contribution in [0.2, 0.25) is 0 Å². The summed E-state index contributed by atoms with van der Waals surface area (Å²) in [6.07, 6.45) is 1.49. The number of halogens is 1. The molecule has 7 nitrogen and oxygen atoms in total. The van der Waals surface area contributed by atoms with Gasteiger partial charge in [-0.1, -0.05) is 26.8 Å². The van der Waals surface area contributed by atoms with Crippen LogP contribution < -0.4 is 9.47 Å². The molecule has 1 aliphatic heterocycles. The Morgan fingerprint density at radius 3 is 2.36 bits per heavy atom. The van der Waals surface area contributed by atoms with Crippen LogP contribution in [-0.2, 0) is 9.59 Å². The average molecular weight is 499 g/mol. The zero-order chi connectivity index (χ0) is 26.2. The van der Waals surface area contributed by atoms with Crippen molar-refractivity contribution in [3.05, 3.63) is 65.0 Å². The van der Waals surface area contributed by atoms with E-state index in [1.165, 1.54) is 36.3 Å². The third kappa shape index (κ3) is 5.87.